The molecule has 2 saturated carbocycles. The lowest BCUT2D eigenvalue weighted by Crippen LogP contribution is -2.44. The summed E-state index contributed by atoms with van der Waals surface area (Å²) in [6, 6.07) is 35.7. The average molecular weight is 576 g/mol. The van der Waals surface area contributed by atoms with Gasteiger partial charge in [-0.25, -0.2) is 4.98 Å². The summed E-state index contributed by atoms with van der Waals surface area (Å²) in [5, 5.41) is 2.55. The highest BCUT2D eigenvalue weighted by molar-refractivity contribution is 6.10. The number of nitrogens with zero attached hydrogens (tertiary/aromatic N) is 5. The van der Waals surface area contributed by atoms with E-state index in [1.165, 1.54) is 85.3 Å². The molecular weight excluding hydrogens is 538 g/mol. The first-order valence-electron chi connectivity index (χ1n) is 16.6. The van der Waals surface area contributed by atoms with Gasteiger partial charge in [-0.15, -0.1) is 0 Å². The highest BCUT2D eigenvalue weighted by Gasteiger charge is 2.43. The molecule has 5 nitrogen and oxygen atoms in total. The van der Waals surface area contributed by atoms with Gasteiger partial charge in [0.25, 0.3) is 0 Å². The summed E-state index contributed by atoms with van der Waals surface area (Å²) in [5.41, 5.74) is 7.35. The second-order valence-electron chi connectivity index (χ2n) is 13.0. The minimum Gasteiger partial charge on any atom is -0.365 e. The van der Waals surface area contributed by atoms with Gasteiger partial charge in [0.15, 0.2) is 11.6 Å². The first kappa shape index (κ1) is 25.9. The van der Waals surface area contributed by atoms with Gasteiger partial charge >= 0.3 is 0 Å². The molecule has 1 aliphatic heterocycles. The molecule has 5 heteroatoms. The molecule has 44 heavy (non-hydrogen) atoms. The molecule has 0 bridgehead atoms. The van der Waals surface area contributed by atoms with Crippen LogP contribution in [-0.4, -0.2) is 31.6 Å². The Hall–Kier alpha value is -4.51. The molecule has 2 fully saturated rings. The third-order valence-electron chi connectivity index (χ3n) is 10.4. The van der Waals surface area contributed by atoms with Crippen molar-refractivity contribution in [1.82, 2.24) is 19.5 Å². The molecule has 0 amide bonds. The van der Waals surface area contributed by atoms with Crippen molar-refractivity contribution in [3.63, 3.8) is 0 Å². The maximum Gasteiger partial charge on any atom is 0.238 e. The van der Waals surface area contributed by atoms with Gasteiger partial charge in [-0.1, -0.05) is 111 Å². The van der Waals surface area contributed by atoms with Gasteiger partial charge in [-0.3, -0.25) is 4.57 Å². The van der Waals surface area contributed by atoms with Crippen molar-refractivity contribution in [1.29, 1.82) is 0 Å². The maximum atomic E-state index is 5.17. The zero-order valence-electron chi connectivity index (χ0n) is 25.1. The van der Waals surface area contributed by atoms with Crippen LogP contribution in [0.3, 0.4) is 0 Å². The van der Waals surface area contributed by atoms with Crippen LogP contribution in [0.4, 0.5) is 5.69 Å². The van der Waals surface area contributed by atoms with E-state index in [9.17, 15) is 0 Å². The Balaban J connectivity index is 1.30. The first-order valence-corrected chi connectivity index (χ1v) is 16.6. The van der Waals surface area contributed by atoms with Crippen molar-refractivity contribution in [2.24, 2.45) is 0 Å². The van der Waals surface area contributed by atoms with E-state index in [1.807, 2.05) is 36.4 Å². The predicted molar refractivity (Wildman–Crippen MR) is 179 cm³/mol. The molecule has 3 aliphatic rings. The van der Waals surface area contributed by atoms with E-state index in [1.54, 1.807) is 0 Å². The minimum atomic E-state index is 0.606. The molecule has 3 heterocycles. The molecule has 218 valence electrons. The van der Waals surface area contributed by atoms with Gasteiger partial charge in [0, 0.05) is 45.6 Å². The molecule has 9 rings (SSSR count). The number of anilines is 1. The van der Waals surface area contributed by atoms with Gasteiger partial charge < -0.3 is 4.90 Å². The third-order valence-corrected chi connectivity index (χ3v) is 10.4. The zero-order valence-corrected chi connectivity index (χ0v) is 25.1. The molecule has 2 atom stereocenters. The fourth-order valence-electron chi connectivity index (χ4n) is 8.47. The molecule has 0 N–H and O–H groups in total. The van der Waals surface area contributed by atoms with Crippen LogP contribution in [0.25, 0.3) is 50.5 Å². The fraction of sp³-hybridized carbons (Fsp3) is 0.308. The second kappa shape index (κ2) is 10.6. The van der Waals surface area contributed by atoms with Crippen molar-refractivity contribution < 1.29 is 0 Å². The molecule has 1 unspecified atom stereocenters. The average Bonchev–Trinajstić information content (AvgIpc) is 3.60. The van der Waals surface area contributed by atoms with E-state index in [0.29, 0.717) is 35.6 Å². The first-order chi connectivity index (χ1) is 21.8. The monoisotopic (exact) mass is 575 g/mol. The van der Waals surface area contributed by atoms with Crippen LogP contribution in [0, 0.1) is 0 Å². The molecule has 2 aliphatic carbocycles. The largest absolute Gasteiger partial charge is 0.365 e. The van der Waals surface area contributed by atoms with Gasteiger partial charge in [-0.05, 0) is 49.4 Å². The van der Waals surface area contributed by atoms with E-state index in [2.05, 4.69) is 70.1 Å². The van der Waals surface area contributed by atoms with E-state index in [-0.39, 0.29) is 0 Å². The van der Waals surface area contributed by atoms with Crippen molar-refractivity contribution in [3.05, 3.63) is 103 Å². The molecule has 0 spiro atoms. The molecule has 0 radical (unpaired) electrons. The number of aromatic nitrogens is 4. The smallest absolute Gasteiger partial charge is 0.238 e. The Morgan fingerprint density at radius 3 is 1.91 bits per heavy atom. The fourth-order valence-corrected chi connectivity index (χ4v) is 8.47. The van der Waals surface area contributed by atoms with Crippen molar-refractivity contribution in [3.8, 4) is 28.7 Å². The van der Waals surface area contributed by atoms with Crippen LogP contribution in [0.5, 0.6) is 0 Å². The van der Waals surface area contributed by atoms with Crippen LogP contribution in [-0.2, 0) is 0 Å². The van der Waals surface area contributed by atoms with Crippen LogP contribution in [0.2, 0.25) is 0 Å². The van der Waals surface area contributed by atoms with Crippen LogP contribution in [0.1, 0.15) is 69.3 Å². The number of para-hydroxylation sites is 1. The van der Waals surface area contributed by atoms with Gasteiger partial charge in [0.05, 0.1) is 11.0 Å². The normalized spacial score (nSPS) is 20.2. The molecular formula is C39H37N5. The number of hydrogen-bond acceptors (Lipinski definition) is 4. The topological polar surface area (TPSA) is 46.8 Å². The quantitative estimate of drug-likeness (QED) is 0.210. The number of rotatable bonds is 4. The highest BCUT2D eigenvalue weighted by atomic mass is 15.2. The zero-order chi connectivity index (χ0) is 29.0. The third kappa shape index (κ3) is 4.16. The standard InChI is InChI=1S/C39H37N5/c1-4-14-26(15-5-1)37-40-38(27-16-6-2-7-17-27)42-39(41-37)44-34-23-13-11-21-30(34)32-24-35-31(25-36(32)44)29-20-10-12-22-33(29)43(35)28-18-8-3-9-19-28/h1-2,4-7,11,13-17,21,23-25,28-29,33H,3,8-10,12,18-20,22H2/t29-,33?/m1/s1. The summed E-state index contributed by atoms with van der Waals surface area (Å²) in [6.07, 6.45) is 12.1. The van der Waals surface area contributed by atoms with E-state index in [4.69, 9.17) is 15.0 Å². The SMILES string of the molecule is c1ccc(-c2nc(-c3ccccc3)nc(-n3c4ccccc4c4cc5c(cc43)[C@H]3CCCCC3N5C3CCCCC3)n2)cc1. The number of hydrogen-bond donors (Lipinski definition) is 0. The Morgan fingerprint density at radius 1 is 0.545 bits per heavy atom. The van der Waals surface area contributed by atoms with E-state index in [0.717, 1.165) is 16.6 Å². The van der Waals surface area contributed by atoms with E-state index < -0.39 is 0 Å². The van der Waals surface area contributed by atoms with Crippen LogP contribution in [0.15, 0.2) is 97.1 Å². The molecule has 6 aromatic rings. The van der Waals surface area contributed by atoms with Crippen LogP contribution < -0.4 is 4.90 Å². The lowest BCUT2D eigenvalue weighted by Gasteiger charge is -2.41. The van der Waals surface area contributed by atoms with Crippen molar-refractivity contribution in [2.75, 3.05) is 4.90 Å². The summed E-state index contributed by atoms with van der Waals surface area (Å²) >= 11 is 0. The molecule has 0 saturated heterocycles. The lowest BCUT2D eigenvalue weighted by molar-refractivity contribution is 0.331. The van der Waals surface area contributed by atoms with Crippen molar-refractivity contribution in [2.45, 2.75) is 75.8 Å². The Bertz CT molecular complexity index is 1920. The van der Waals surface area contributed by atoms with E-state index >= 15 is 0 Å². The van der Waals surface area contributed by atoms with Crippen molar-refractivity contribution >= 4 is 27.5 Å². The summed E-state index contributed by atoms with van der Waals surface area (Å²) in [5.74, 6) is 2.66. The Kier molecular flexibility index (Phi) is 6.24. The Labute approximate surface area is 258 Å². The number of benzene rings is 4. The summed E-state index contributed by atoms with van der Waals surface area (Å²) in [6.45, 7) is 0. The molecule has 4 aromatic carbocycles. The summed E-state index contributed by atoms with van der Waals surface area (Å²) in [7, 11) is 0. The number of fused-ring (bicyclic) bond motifs is 6. The predicted octanol–water partition coefficient (Wildman–Crippen LogP) is 9.48. The maximum absolute atomic E-state index is 5.17. The van der Waals surface area contributed by atoms with Gasteiger partial charge in [-0.2, -0.15) is 9.97 Å². The van der Waals surface area contributed by atoms with Crippen LogP contribution >= 0.6 is 0 Å². The highest BCUT2D eigenvalue weighted by Crippen LogP contribution is 2.52. The summed E-state index contributed by atoms with van der Waals surface area (Å²) in [4.78, 5) is 18.2. The summed E-state index contributed by atoms with van der Waals surface area (Å²) < 4.78 is 2.30. The van der Waals surface area contributed by atoms with Gasteiger partial charge in [0.1, 0.15) is 0 Å². The van der Waals surface area contributed by atoms with Gasteiger partial charge in [0.2, 0.25) is 5.95 Å². The minimum absolute atomic E-state index is 0.606. The Morgan fingerprint density at radius 2 is 1.18 bits per heavy atom. The molecule has 2 aromatic heterocycles. The second-order valence-corrected chi connectivity index (χ2v) is 13.0. The lowest BCUT2D eigenvalue weighted by atomic mass is 9.81.